The fourth-order valence-corrected chi connectivity index (χ4v) is 2.21. The Labute approximate surface area is 112 Å². The van der Waals surface area contributed by atoms with Gasteiger partial charge in [-0.15, -0.1) is 0 Å². The molecule has 0 spiro atoms. The highest BCUT2D eigenvalue weighted by molar-refractivity contribution is 5.55. The van der Waals surface area contributed by atoms with Crippen molar-refractivity contribution in [3.8, 4) is 0 Å². The molecule has 4 nitrogen and oxygen atoms in total. The highest BCUT2D eigenvalue weighted by Crippen LogP contribution is 2.28. The van der Waals surface area contributed by atoms with E-state index in [0.717, 1.165) is 11.1 Å². The zero-order chi connectivity index (χ0) is 14.0. The lowest BCUT2D eigenvalue weighted by molar-refractivity contribution is 0.616. The first-order chi connectivity index (χ1) is 8.99. The number of halogens is 1. The minimum Gasteiger partial charge on any atom is -0.368 e. The van der Waals surface area contributed by atoms with E-state index >= 15 is 0 Å². The summed E-state index contributed by atoms with van der Waals surface area (Å²) < 4.78 is 15.8. The van der Waals surface area contributed by atoms with Crippen LogP contribution in [-0.4, -0.2) is 16.8 Å². The molecule has 0 saturated heterocycles. The van der Waals surface area contributed by atoms with E-state index in [1.54, 1.807) is 16.9 Å². The first-order valence-electron chi connectivity index (χ1n) is 6.21. The summed E-state index contributed by atoms with van der Waals surface area (Å²) in [5.74, 6) is -0.249. The molecule has 5 heteroatoms. The Bertz CT molecular complexity index is 562. The van der Waals surface area contributed by atoms with Crippen LogP contribution in [0, 0.1) is 5.82 Å². The first kappa shape index (κ1) is 13.5. The van der Waals surface area contributed by atoms with Crippen LogP contribution in [0.4, 0.5) is 10.1 Å². The monoisotopic (exact) mass is 262 g/mol. The molecule has 0 unspecified atom stereocenters. The average Bonchev–Trinajstić information content (AvgIpc) is 2.74. The smallest absolute Gasteiger partial charge is 0.146 e. The van der Waals surface area contributed by atoms with Gasteiger partial charge in [0.2, 0.25) is 0 Å². The summed E-state index contributed by atoms with van der Waals surface area (Å²) in [5.41, 5.74) is 8.31. The number of hydrogen-bond donors (Lipinski definition) is 1. The summed E-state index contributed by atoms with van der Waals surface area (Å²) in [5, 5.41) is 4.11. The van der Waals surface area contributed by atoms with Gasteiger partial charge >= 0.3 is 0 Å². The van der Waals surface area contributed by atoms with Gasteiger partial charge in [-0.2, -0.15) is 5.10 Å². The molecule has 0 saturated carbocycles. The number of hydrogen-bond acceptors (Lipinski definition) is 3. The highest BCUT2D eigenvalue weighted by Gasteiger charge is 2.16. The molecule has 0 amide bonds. The molecule has 2 N–H and O–H groups in total. The molecule has 1 heterocycles. The quantitative estimate of drug-likeness (QED) is 0.919. The van der Waals surface area contributed by atoms with Gasteiger partial charge in [0.1, 0.15) is 5.82 Å². The fraction of sp³-hybridized carbons (Fsp3) is 0.357. The Morgan fingerprint density at radius 1 is 1.47 bits per heavy atom. The van der Waals surface area contributed by atoms with Gasteiger partial charge in [0.25, 0.3) is 0 Å². The van der Waals surface area contributed by atoms with Gasteiger partial charge in [-0.1, -0.05) is 12.1 Å². The minimum absolute atomic E-state index is 0.206. The van der Waals surface area contributed by atoms with Gasteiger partial charge in [-0.05, 0) is 18.6 Å². The lowest BCUT2D eigenvalue weighted by atomic mass is 10.1. The van der Waals surface area contributed by atoms with Crippen LogP contribution < -0.4 is 10.6 Å². The van der Waals surface area contributed by atoms with Crippen molar-refractivity contribution in [2.75, 3.05) is 11.9 Å². The minimum atomic E-state index is -0.249. The van der Waals surface area contributed by atoms with Crippen LogP contribution in [0.2, 0.25) is 0 Å². The van der Waals surface area contributed by atoms with Gasteiger partial charge in [-0.3, -0.25) is 4.68 Å². The van der Waals surface area contributed by atoms with Crippen molar-refractivity contribution in [3.63, 3.8) is 0 Å². The largest absolute Gasteiger partial charge is 0.368 e. The molecule has 2 rings (SSSR count). The summed E-state index contributed by atoms with van der Waals surface area (Å²) in [6.45, 7) is 2.45. The van der Waals surface area contributed by atoms with Crippen LogP contribution in [-0.2, 0) is 13.6 Å². The third-order valence-electron chi connectivity index (χ3n) is 3.07. The SMILES string of the molecule is C[C@H](N)c1cccc(F)c1N(C)Cc1cnn(C)c1. The number of rotatable bonds is 4. The summed E-state index contributed by atoms with van der Waals surface area (Å²) in [4.78, 5) is 1.87. The van der Waals surface area contributed by atoms with Gasteiger partial charge in [-0.25, -0.2) is 4.39 Å². The molecule has 1 atom stereocenters. The zero-order valence-electron chi connectivity index (χ0n) is 11.5. The average molecular weight is 262 g/mol. The second-order valence-corrected chi connectivity index (χ2v) is 4.84. The zero-order valence-corrected chi connectivity index (χ0v) is 11.5. The second kappa shape index (κ2) is 5.40. The first-order valence-corrected chi connectivity index (χ1v) is 6.21. The highest BCUT2D eigenvalue weighted by atomic mass is 19.1. The Kier molecular flexibility index (Phi) is 3.85. The van der Waals surface area contributed by atoms with Gasteiger partial charge in [0, 0.05) is 38.4 Å². The van der Waals surface area contributed by atoms with Gasteiger partial charge in [0.05, 0.1) is 11.9 Å². The van der Waals surface area contributed by atoms with E-state index in [1.165, 1.54) is 6.07 Å². The molecule has 1 aromatic carbocycles. The Hall–Kier alpha value is -1.88. The van der Waals surface area contributed by atoms with Crippen molar-refractivity contribution in [1.29, 1.82) is 0 Å². The van der Waals surface area contributed by atoms with E-state index in [1.807, 2.05) is 38.2 Å². The normalized spacial score (nSPS) is 12.5. The summed E-state index contributed by atoms with van der Waals surface area (Å²) in [6.07, 6.45) is 3.70. The lowest BCUT2D eigenvalue weighted by Crippen LogP contribution is -2.21. The molecule has 19 heavy (non-hydrogen) atoms. The number of anilines is 1. The molecule has 0 aliphatic heterocycles. The molecule has 2 aromatic rings. The summed E-state index contributed by atoms with van der Waals surface area (Å²) >= 11 is 0. The Morgan fingerprint density at radius 2 is 2.21 bits per heavy atom. The molecule has 0 aliphatic carbocycles. The maximum atomic E-state index is 14.1. The Morgan fingerprint density at radius 3 is 2.79 bits per heavy atom. The van der Waals surface area contributed by atoms with Gasteiger partial charge < -0.3 is 10.6 Å². The molecule has 0 fully saturated rings. The van der Waals surface area contributed by atoms with Crippen molar-refractivity contribution in [1.82, 2.24) is 9.78 Å². The molecule has 0 radical (unpaired) electrons. The van der Waals surface area contributed by atoms with E-state index in [4.69, 9.17) is 5.73 Å². The van der Waals surface area contributed by atoms with Crippen molar-refractivity contribution in [3.05, 3.63) is 47.5 Å². The second-order valence-electron chi connectivity index (χ2n) is 4.84. The molecule has 0 bridgehead atoms. The van der Waals surface area contributed by atoms with Crippen LogP contribution in [0.5, 0.6) is 0 Å². The maximum Gasteiger partial charge on any atom is 0.146 e. The number of para-hydroxylation sites is 1. The van der Waals surface area contributed by atoms with E-state index in [9.17, 15) is 4.39 Å². The fourth-order valence-electron chi connectivity index (χ4n) is 2.21. The summed E-state index contributed by atoms with van der Waals surface area (Å²) in [7, 11) is 3.72. The van der Waals surface area contributed by atoms with E-state index in [-0.39, 0.29) is 11.9 Å². The van der Waals surface area contributed by atoms with E-state index in [2.05, 4.69) is 5.10 Å². The molecular formula is C14H19FN4. The topological polar surface area (TPSA) is 47.1 Å². The lowest BCUT2D eigenvalue weighted by Gasteiger charge is -2.24. The standard InChI is InChI=1S/C14H19FN4/c1-10(16)12-5-4-6-13(15)14(12)18(2)8-11-7-17-19(3)9-11/h4-7,9-10H,8,16H2,1-3H3/t10-/m0/s1. The molecule has 0 aliphatic rings. The molecule has 1 aromatic heterocycles. The number of aromatic nitrogens is 2. The molecular weight excluding hydrogens is 243 g/mol. The van der Waals surface area contributed by atoms with Crippen LogP contribution in [0.1, 0.15) is 24.1 Å². The van der Waals surface area contributed by atoms with Crippen LogP contribution in [0.15, 0.2) is 30.6 Å². The van der Waals surface area contributed by atoms with E-state index in [0.29, 0.717) is 12.2 Å². The van der Waals surface area contributed by atoms with Crippen LogP contribution >= 0.6 is 0 Å². The van der Waals surface area contributed by atoms with Crippen LogP contribution in [0.3, 0.4) is 0 Å². The van der Waals surface area contributed by atoms with Crippen molar-refractivity contribution < 1.29 is 4.39 Å². The number of nitrogens with two attached hydrogens (primary N) is 1. The number of benzene rings is 1. The maximum absolute atomic E-state index is 14.1. The Balaban J connectivity index is 2.30. The van der Waals surface area contributed by atoms with Crippen molar-refractivity contribution in [2.24, 2.45) is 12.8 Å². The summed E-state index contributed by atoms with van der Waals surface area (Å²) in [6, 6.07) is 4.81. The number of aryl methyl sites for hydroxylation is 1. The van der Waals surface area contributed by atoms with Crippen molar-refractivity contribution in [2.45, 2.75) is 19.5 Å². The molecule has 102 valence electrons. The number of nitrogens with zero attached hydrogens (tertiary/aromatic N) is 3. The predicted octanol–water partition coefficient (Wildman–Crippen LogP) is 2.22. The van der Waals surface area contributed by atoms with Gasteiger partial charge in [0.15, 0.2) is 0 Å². The van der Waals surface area contributed by atoms with Crippen molar-refractivity contribution >= 4 is 5.69 Å². The third-order valence-corrected chi connectivity index (χ3v) is 3.07. The van der Waals surface area contributed by atoms with Crippen LogP contribution in [0.25, 0.3) is 0 Å². The third kappa shape index (κ3) is 2.93. The predicted molar refractivity (Wildman–Crippen MR) is 74.3 cm³/mol. The van der Waals surface area contributed by atoms with E-state index < -0.39 is 0 Å².